The summed E-state index contributed by atoms with van der Waals surface area (Å²) in [7, 11) is 0. The number of thioether (sulfide) groups is 1. The maximum Gasteiger partial charge on any atom is 0.234 e. The molecule has 2 aromatic carbocycles. The van der Waals surface area contributed by atoms with Crippen LogP contribution in [0.5, 0.6) is 0 Å². The van der Waals surface area contributed by atoms with Crippen LogP contribution in [0.25, 0.3) is 0 Å². The van der Waals surface area contributed by atoms with Crippen molar-refractivity contribution in [2.24, 2.45) is 5.73 Å². The standard InChI is InChI=1S/C28H25BrN6O2S2/c1-15-10-11-20(19(29)12-15)32-23(37)14-38-28-34-33-27(39-28)35-21-8-5-9-22(36)25(21)24(18(13-30)26(35)31)17-7-4-3-6-16(17)2/h3-4,6-7,10-12,24H,5,8-9,14,31H2,1-2H3,(H,32,37). The zero-order valence-corrected chi connectivity index (χ0v) is 24.5. The molecule has 0 saturated heterocycles. The van der Waals surface area contributed by atoms with E-state index >= 15 is 0 Å². The molecule has 0 fully saturated rings. The normalized spacial score (nSPS) is 17.2. The third-order valence-corrected chi connectivity index (χ3v) is 9.42. The predicted molar refractivity (Wildman–Crippen MR) is 157 cm³/mol. The van der Waals surface area contributed by atoms with Gasteiger partial charge in [-0.15, -0.1) is 10.2 Å². The molecule has 3 aromatic rings. The smallest absolute Gasteiger partial charge is 0.234 e. The van der Waals surface area contributed by atoms with Crippen LogP contribution in [-0.2, 0) is 9.59 Å². The van der Waals surface area contributed by atoms with Crippen molar-refractivity contribution < 1.29 is 9.59 Å². The lowest BCUT2D eigenvalue weighted by molar-refractivity contribution is -0.116. The summed E-state index contributed by atoms with van der Waals surface area (Å²) in [6.45, 7) is 3.95. The van der Waals surface area contributed by atoms with E-state index < -0.39 is 5.92 Å². The van der Waals surface area contributed by atoms with Crippen LogP contribution in [0.2, 0.25) is 0 Å². The minimum Gasteiger partial charge on any atom is -0.384 e. The van der Waals surface area contributed by atoms with E-state index in [2.05, 4.69) is 37.5 Å². The fourth-order valence-corrected chi connectivity index (χ4v) is 7.19. The van der Waals surface area contributed by atoms with E-state index in [0.717, 1.165) is 26.9 Å². The second-order valence-electron chi connectivity index (χ2n) is 9.34. The molecule has 0 radical (unpaired) electrons. The Bertz CT molecular complexity index is 1590. The summed E-state index contributed by atoms with van der Waals surface area (Å²) in [6.07, 6.45) is 1.76. The lowest BCUT2D eigenvalue weighted by Gasteiger charge is -2.38. The van der Waals surface area contributed by atoms with Crippen molar-refractivity contribution in [3.05, 3.63) is 86.3 Å². The topological polar surface area (TPSA) is 125 Å². The maximum absolute atomic E-state index is 13.3. The van der Waals surface area contributed by atoms with Gasteiger partial charge in [0.1, 0.15) is 5.82 Å². The van der Waals surface area contributed by atoms with Gasteiger partial charge in [-0.3, -0.25) is 14.5 Å². The molecule has 11 heteroatoms. The molecule has 3 N–H and O–H groups in total. The summed E-state index contributed by atoms with van der Waals surface area (Å²) in [5.74, 6) is -0.260. The third kappa shape index (κ3) is 5.37. The van der Waals surface area contributed by atoms with Gasteiger partial charge in [0.25, 0.3) is 0 Å². The zero-order valence-electron chi connectivity index (χ0n) is 21.3. The van der Waals surface area contributed by atoms with E-state index in [1.165, 1.54) is 23.1 Å². The molecule has 5 rings (SSSR count). The number of amides is 1. The Morgan fingerprint density at radius 1 is 1.26 bits per heavy atom. The number of halogens is 1. The minimum absolute atomic E-state index is 0.0211. The summed E-state index contributed by atoms with van der Waals surface area (Å²) in [5.41, 5.74) is 12.0. The number of allylic oxidation sites excluding steroid dienone is 3. The Labute approximate surface area is 243 Å². The van der Waals surface area contributed by atoms with E-state index in [4.69, 9.17) is 5.73 Å². The fourth-order valence-electron chi connectivity index (χ4n) is 4.91. The second-order valence-corrected chi connectivity index (χ2v) is 12.4. The number of aryl methyl sites for hydroxylation is 2. The number of hydrogen-bond donors (Lipinski definition) is 2. The molecule has 198 valence electrons. The number of nitriles is 1. The molecule has 1 aromatic heterocycles. The average molecular weight is 622 g/mol. The van der Waals surface area contributed by atoms with Gasteiger partial charge in [-0.25, -0.2) is 0 Å². The number of carbonyl (C=O) groups excluding carboxylic acids is 2. The molecule has 1 amide bonds. The van der Waals surface area contributed by atoms with Gasteiger partial charge in [0.2, 0.25) is 11.0 Å². The number of Topliss-reactive ketones (excluding diaryl/α,β-unsaturated/α-hetero) is 1. The number of carbonyl (C=O) groups is 2. The van der Waals surface area contributed by atoms with Crippen LogP contribution in [-0.4, -0.2) is 27.6 Å². The van der Waals surface area contributed by atoms with Crippen molar-refractivity contribution in [3.63, 3.8) is 0 Å². The highest BCUT2D eigenvalue weighted by Crippen LogP contribution is 2.47. The number of anilines is 2. The number of ketones is 1. The van der Waals surface area contributed by atoms with Gasteiger partial charge in [-0.1, -0.05) is 53.4 Å². The first-order chi connectivity index (χ1) is 18.8. The van der Waals surface area contributed by atoms with Crippen LogP contribution in [0, 0.1) is 25.2 Å². The van der Waals surface area contributed by atoms with Crippen molar-refractivity contribution in [2.45, 2.75) is 43.4 Å². The molecule has 1 aliphatic carbocycles. The van der Waals surface area contributed by atoms with Gasteiger partial charge in [0.15, 0.2) is 10.1 Å². The summed E-state index contributed by atoms with van der Waals surface area (Å²) in [6, 6.07) is 15.8. The van der Waals surface area contributed by atoms with Gasteiger partial charge in [0.05, 0.1) is 29.0 Å². The van der Waals surface area contributed by atoms with Crippen LogP contribution < -0.4 is 16.0 Å². The van der Waals surface area contributed by atoms with Crippen molar-refractivity contribution in [3.8, 4) is 6.07 Å². The van der Waals surface area contributed by atoms with Gasteiger partial charge in [-0.2, -0.15) is 5.26 Å². The van der Waals surface area contributed by atoms with Crippen LogP contribution in [0.4, 0.5) is 10.8 Å². The summed E-state index contributed by atoms with van der Waals surface area (Å²) >= 11 is 6.01. The molecule has 2 aliphatic rings. The molecule has 1 aliphatic heterocycles. The predicted octanol–water partition coefficient (Wildman–Crippen LogP) is 5.95. The van der Waals surface area contributed by atoms with E-state index in [1.807, 2.05) is 56.3 Å². The average Bonchev–Trinajstić information content (AvgIpc) is 3.37. The van der Waals surface area contributed by atoms with Gasteiger partial charge in [0, 0.05) is 22.2 Å². The number of nitrogens with two attached hydrogens (primary N) is 1. The molecule has 39 heavy (non-hydrogen) atoms. The summed E-state index contributed by atoms with van der Waals surface area (Å²) < 4.78 is 1.40. The van der Waals surface area contributed by atoms with Gasteiger partial charge < -0.3 is 11.1 Å². The molecule has 1 unspecified atom stereocenters. The number of hydrogen-bond acceptors (Lipinski definition) is 9. The van der Waals surface area contributed by atoms with E-state index in [0.29, 0.717) is 45.6 Å². The first-order valence-corrected chi connectivity index (χ1v) is 14.9. The molecule has 0 spiro atoms. The number of aromatic nitrogens is 2. The first-order valence-electron chi connectivity index (χ1n) is 12.3. The molecule has 8 nitrogen and oxygen atoms in total. The maximum atomic E-state index is 13.3. The van der Waals surface area contributed by atoms with Crippen LogP contribution in [0.1, 0.15) is 41.9 Å². The summed E-state index contributed by atoms with van der Waals surface area (Å²) in [5, 5.41) is 22.2. The molecular formula is C28H25BrN6O2S2. The second kappa shape index (κ2) is 11.3. The number of benzene rings is 2. The molecular weight excluding hydrogens is 596 g/mol. The first kappa shape index (κ1) is 27.1. The van der Waals surface area contributed by atoms with Crippen molar-refractivity contribution >= 4 is 61.5 Å². The quantitative estimate of drug-likeness (QED) is 0.324. The monoisotopic (exact) mass is 620 g/mol. The highest BCUT2D eigenvalue weighted by atomic mass is 79.9. The molecule has 2 heterocycles. The van der Waals surface area contributed by atoms with Crippen LogP contribution >= 0.6 is 39.0 Å². The van der Waals surface area contributed by atoms with Crippen LogP contribution in [0.15, 0.2) is 73.9 Å². The van der Waals surface area contributed by atoms with Crippen molar-refractivity contribution in [1.29, 1.82) is 5.26 Å². The largest absolute Gasteiger partial charge is 0.384 e. The SMILES string of the molecule is Cc1ccc(NC(=O)CSc2nnc(N3C(N)=C(C#N)C(c4ccccc4C)C4=C3CCCC4=O)s2)c(Br)c1. The molecule has 0 bridgehead atoms. The highest BCUT2D eigenvalue weighted by molar-refractivity contribution is 9.10. The Morgan fingerprint density at radius 2 is 2.05 bits per heavy atom. The molecule has 0 saturated carbocycles. The van der Waals surface area contributed by atoms with Crippen LogP contribution in [0.3, 0.4) is 0 Å². The Morgan fingerprint density at radius 3 is 2.79 bits per heavy atom. The number of nitrogens with zero attached hydrogens (tertiary/aromatic N) is 4. The van der Waals surface area contributed by atoms with Gasteiger partial charge in [-0.05, 0) is 71.4 Å². The Kier molecular flexibility index (Phi) is 7.88. The molecule has 1 atom stereocenters. The van der Waals surface area contributed by atoms with E-state index in [-0.39, 0.29) is 23.3 Å². The van der Waals surface area contributed by atoms with E-state index in [9.17, 15) is 14.9 Å². The minimum atomic E-state index is -0.512. The van der Waals surface area contributed by atoms with E-state index in [1.54, 1.807) is 4.90 Å². The fraction of sp³-hybridized carbons (Fsp3) is 0.250. The lowest BCUT2D eigenvalue weighted by atomic mass is 9.75. The Balaban J connectivity index is 1.42. The zero-order chi connectivity index (χ0) is 27.7. The van der Waals surface area contributed by atoms with Gasteiger partial charge >= 0.3 is 0 Å². The number of nitrogens with one attached hydrogen (secondary N) is 1. The van der Waals surface area contributed by atoms with Crippen molar-refractivity contribution in [1.82, 2.24) is 10.2 Å². The third-order valence-electron chi connectivity index (χ3n) is 6.73. The number of rotatable bonds is 6. The Hall–Kier alpha value is -3.46. The highest BCUT2D eigenvalue weighted by Gasteiger charge is 2.41. The summed E-state index contributed by atoms with van der Waals surface area (Å²) in [4.78, 5) is 27.6. The lowest BCUT2D eigenvalue weighted by Crippen LogP contribution is -2.38. The van der Waals surface area contributed by atoms with Crippen molar-refractivity contribution in [2.75, 3.05) is 16.0 Å².